The third kappa shape index (κ3) is 2.96. The fraction of sp³-hybridized carbons (Fsp3) is 0.444. The van der Waals surface area contributed by atoms with Crippen LogP contribution in [0.5, 0.6) is 5.75 Å². The molecule has 0 saturated carbocycles. The number of fused-ring (bicyclic) bond motifs is 1. The van der Waals surface area contributed by atoms with Gasteiger partial charge in [-0.05, 0) is 12.1 Å². The molecule has 2 heterocycles. The quantitative estimate of drug-likeness (QED) is 0.853. The first-order valence-corrected chi connectivity index (χ1v) is 7.81. The molecule has 0 bridgehead atoms. The van der Waals surface area contributed by atoms with E-state index in [1.165, 1.54) is 0 Å². The highest BCUT2D eigenvalue weighted by atomic mass is 16.5. The van der Waals surface area contributed by atoms with Gasteiger partial charge in [0.25, 0.3) is 0 Å². The van der Waals surface area contributed by atoms with Gasteiger partial charge in [-0.15, -0.1) is 0 Å². The van der Waals surface area contributed by atoms with Gasteiger partial charge >= 0.3 is 0 Å². The molecular weight excluding hydrogens is 292 g/mol. The van der Waals surface area contributed by atoms with Gasteiger partial charge in [-0.25, -0.2) is 0 Å². The van der Waals surface area contributed by atoms with E-state index in [0.717, 1.165) is 28.3 Å². The minimum absolute atomic E-state index is 0.154. The summed E-state index contributed by atoms with van der Waals surface area (Å²) in [6.45, 7) is 7.06. The molecule has 0 radical (unpaired) electrons. The lowest BCUT2D eigenvalue weighted by atomic mass is 9.92. The predicted octanol–water partition coefficient (Wildman–Crippen LogP) is 3.28. The number of carbonyl (C=O) groups is 1. The van der Waals surface area contributed by atoms with Crippen LogP contribution in [0.25, 0.3) is 11.3 Å². The molecule has 0 spiro atoms. The summed E-state index contributed by atoms with van der Waals surface area (Å²) >= 11 is 0. The zero-order valence-electron chi connectivity index (χ0n) is 14.0. The van der Waals surface area contributed by atoms with Crippen LogP contribution in [0, 0.1) is 5.41 Å². The first kappa shape index (κ1) is 15.6. The second-order valence-corrected chi connectivity index (χ2v) is 6.89. The van der Waals surface area contributed by atoms with Gasteiger partial charge < -0.3 is 14.2 Å². The van der Waals surface area contributed by atoms with Gasteiger partial charge in [0.2, 0.25) is 5.91 Å². The molecule has 1 amide bonds. The predicted molar refractivity (Wildman–Crippen MR) is 87.1 cm³/mol. The molecule has 0 N–H and O–H groups in total. The fourth-order valence-corrected chi connectivity index (χ4v) is 2.85. The molecule has 0 atom stereocenters. The monoisotopic (exact) mass is 314 g/mol. The molecule has 0 aliphatic carbocycles. The van der Waals surface area contributed by atoms with E-state index in [2.05, 4.69) is 5.16 Å². The van der Waals surface area contributed by atoms with Gasteiger partial charge in [0.15, 0.2) is 0 Å². The van der Waals surface area contributed by atoms with Gasteiger partial charge in [0.1, 0.15) is 17.2 Å². The Hall–Kier alpha value is -2.30. The highest BCUT2D eigenvalue weighted by Crippen LogP contribution is 2.32. The van der Waals surface area contributed by atoms with Gasteiger partial charge in [-0.2, -0.15) is 0 Å². The van der Waals surface area contributed by atoms with Crippen molar-refractivity contribution in [2.75, 3.05) is 13.7 Å². The molecule has 5 nitrogen and oxygen atoms in total. The number of amides is 1. The molecule has 1 aromatic carbocycles. The van der Waals surface area contributed by atoms with E-state index in [-0.39, 0.29) is 11.3 Å². The van der Waals surface area contributed by atoms with Crippen LogP contribution in [0.2, 0.25) is 0 Å². The molecular formula is C18H22N2O3. The maximum Gasteiger partial charge on any atom is 0.228 e. The van der Waals surface area contributed by atoms with Crippen molar-refractivity contribution in [2.45, 2.75) is 33.7 Å². The fourth-order valence-electron chi connectivity index (χ4n) is 2.85. The highest BCUT2D eigenvalue weighted by Gasteiger charge is 2.32. The van der Waals surface area contributed by atoms with Crippen LogP contribution in [0.1, 0.15) is 32.1 Å². The zero-order chi connectivity index (χ0) is 16.6. The maximum atomic E-state index is 12.6. The Labute approximate surface area is 136 Å². The Balaban J connectivity index is 1.93. The maximum absolute atomic E-state index is 12.6. The summed E-state index contributed by atoms with van der Waals surface area (Å²) in [6, 6.07) is 7.73. The highest BCUT2D eigenvalue weighted by molar-refractivity contribution is 5.82. The van der Waals surface area contributed by atoms with Crippen LogP contribution in [0.4, 0.5) is 0 Å². The number of aromatic nitrogens is 1. The molecule has 0 fully saturated rings. The summed E-state index contributed by atoms with van der Waals surface area (Å²) in [4.78, 5) is 14.4. The van der Waals surface area contributed by atoms with Gasteiger partial charge in [0.05, 0.1) is 13.7 Å². The van der Waals surface area contributed by atoms with E-state index in [4.69, 9.17) is 9.26 Å². The Bertz CT molecular complexity index is 728. The summed E-state index contributed by atoms with van der Waals surface area (Å²) in [5, 5.41) is 4.23. The van der Waals surface area contributed by atoms with Crippen molar-refractivity contribution in [1.82, 2.24) is 10.1 Å². The van der Waals surface area contributed by atoms with Crippen LogP contribution in [0.3, 0.4) is 0 Å². The standard InChI is InChI=1S/C18H22N2O3/c1-18(2,3)17(21)20-9-8-15-14(11-20)16(19-23-15)12-6-5-7-13(10-12)22-4/h5-7,10H,8-9,11H2,1-4H3. The smallest absolute Gasteiger partial charge is 0.228 e. The largest absolute Gasteiger partial charge is 0.497 e. The SMILES string of the molecule is COc1cccc(-c2noc3c2CN(C(=O)C(C)(C)C)CC3)c1. The van der Waals surface area contributed by atoms with Gasteiger partial charge in [0, 0.05) is 29.5 Å². The first-order valence-electron chi connectivity index (χ1n) is 7.81. The summed E-state index contributed by atoms with van der Waals surface area (Å²) in [5.74, 6) is 1.81. The summed E-state index contributed by atoms with van der Waals surface area (Å²) in [6.07, 6.45) is 0.703. The van der Waals surface area contributed by atoms with Crippen LogP contribution in [0.15, 0.2) is 28.8 Å². The summed E-state index contributed by atoms with van der Waals surface area (Å²) in [7, 11) is 1.64. The molecule has 23 heavy (non-hydrogen) atoms. The van der Waals surface area contributed by atoms with E-state index in [1.807, 2.05) is 49.9 Å². The van der Waals surface area contributed by atoms with Crippen molar-refractivity contribution in [3.05, 3.63) is 35.6 Å². The Morgan fingerprint density at radius 3 is 2.83 bits per heavy atom. The van der Waals surface area contributed by atoms with E-state index >= 15 is 0 Å². The number of carbonyl (C=O) groups excluding carboxylic acids is 1. The second kappa shape index (κ2) is 5.72. The van der Waals surface area contributed by atoms with E-state index < -0.39 is 0 Å². The number of ether oxygens (including phenoxy) is 1. The normalized spacial score (nSPS) is 14.5. The molecule has 2 aromatic rings. The van der Waals surface area contributed by atoms with Crippen LogP contribution in [-0.4, -0.2) is 29.6 Å². The molecule has 1 aliphatic heterocycles. The van der Waals surface area contributed by atoms with E-state index in [0.29, 0.717) is 19.5 Å². The number of nitrogens with zero attached hydrogens (tertiary/aromatic N) is 2. The molecule has 0 unspecified atom stereocenters. The number of hydrogen-bond donors (Lipinski definition) is 0. The lowest BCUT2D eigenvalue weighted by Gasteiger charge is -2.31. The average Bonchev–Trinajstić information content (AvgIpc) is 2.96. The van der Waals surface area contributed by atoms with Crippen molar-refractivity contribution in [1.29, 1.82) is 0 Å². The molecule has 0 saturated heterocycles. The minimum atomic E-state index is -0.384. The average molecular weight is 314 g/mol. The van der Waals surface area contributed by atoms with E-state index in [1.54, 1.807) is 7.11 Å². The topological polar surface area (TPSA) is 55.6 Å². The van der Waals surface area contributed by atoms with Crippen molar-refractivity contribution >= 4 is 5.91 Å². The minimum Gasteiger partial charge on any atom is -0.497 e. The van der Waals surface area contributed by atoms with Crippen LogP contribution < -0.4 is 4.74 Å². The third-order valence-corrected chi connectivity index (χ3v) is 4.10. The lowest BCUT2D eigenvalue weighted by Crippen LogP contribution is -2.42. The first-order chi connectivity index (χ1) is 10.9. The van der Waals surface area contributed by atoms with Gasteiger partial charge in [-0.3, -0.25) is 4.79 Å². The summed E-state index contributed by atoms with van der Waals surface area (Å²) in [5.41, 5.74) is 2.36. The van der Waals surface area contributed by atoms with Crippen molar-refractivity contribution in [2.24, 2.45) is 5.41 Å². The Morgan fingerprint density at radius 1 is 1.35 bits per heavy atom. The van der Waals surface area contributed by atoms with Crippen LogP contribution >= 0.6 is 0 Å². The molecule has 3 rings (SSSR count). The van der Waals surface area contributed by atoms with Crippen molar-refractivity contribution in [3.63, 3.8) is 0 Å². The molecule has 1 aliphatic rings. The number of hydrogen-bond acceptors (Lipinski definition) is 4. The Morgan fingerprint density at radius 2 is 2.13 bits per heavy atom. The van der Waals surface area contributed by atoms with Gasteiger partial charge in [-0.1, -0.05) is 38.1 Å². The van der Waals surface area contributed by atoms with E-state index in [9.17, 15) is 4.79 Å². The molecule has 5 heteroatoms. The molecule has 122 valence electrons. The second-order valence-electron chi connectivity index (χ2n) is 6.89. The Kier molecular flexibility index (Phi) is 3.88. The van der Waals surface area contributed by atoms with Crippen LogP contribution in [-0.2, 0) is 17.8 Å². The third-order valence-electron chi connectivity index (χ3n) is 4.10. The number of rotatable bonds is 2. The number of methoxy groups -OCH3 is 1. The van der Waals surface area contributed by atoms with Crippen molar-refractivity contribution in [3.8, 4) is 17.0 Å². The van der Waals surface area contributed by atoms with Crippen molar-refractivity contribution < 1.29 is 14.1 Å². The number of benzene rings is 1. The molecule has 1 aromatic heterocycles. The zero-order valence-corrected chi connectivity index (χ0v) is 14.0. The lowest BCUT2D eigenvalue weighted by molar-refractivity contribution is -0.140. The summed E-state index contributed by atoms with van der Waals surface area (Å²) < 4.78 is 10.8.